The van der Waals surface area contributed by atoms with Gasteiger partial charge in [-0.3, -0.25) is 5.10 Å². The van der Waals surface area contributed by atoms with E-state index in [1.54, 1.807) is 36.7 Å². The maximum absolute atomic E-state index is 9.46. The number of fused-ring (bicyclic) bond motifs is 2. The molecule has 26 heavy (non-hydrogen) atoms. The number of aromatic nitrogens is 5. The van der Waals surface area contributed by atoms with E-state index < -0.39 is 0 Å². The van der Waals surface area contributed by atoms with Crippen LogP contribution in [0.5, 0.6) is 5.75 Å². The highest BCUT2D eigenvalue weighted by Gasteiger charge is 2.10. The molecule has 0 saturated carbocycles. The molecule has 0 bridgehead atoms. The molecule has 7 heteroatoms. The Balaban J connectivity index is 1.63. The molecule has 0 atom stereocenters. The fraction of sp³-hybridized carbons (Fsp3) is 0. The second kappa shape index (κ2) is 5.59. The molecule has 126 valence electrons. The van der Waals surface area contributed by atoms with E-state index in [-0.39, 0.29) is 5.75 Å². The number of hydrogen-bond acceptors (Lipinski definition) is 5. The molecule has 5 aromatic rings. The van der Waals surface area contributed by atoms with Gasteiger partial charge in [0, 0.05) is 35.2 Å². The van der Waals surface area contributed by atoms with Crippen molar-refractivity contribution in [1.29, 1.82) is 0 Å². The van der Waals surface area contributed by atoms with Crippen LogP contribution in [-0.4, -0.2) is 29.7 Å². The van der Waals surface area contributed by atoms with Gasteiger partial charge in [0.05, 0.1) is 17.4 Å². The van der Waals surface area contributed by atoms with E-state index in [1.807, 2.05) is 35.0 Å². The average Bonchev–Trinajstić information content (AvgIpc) is 3.31. The van der Waals surface area contributed by atoms with Gasteiger partial charge >= 0.3 is 0 Å². The second-order valence-corrected chi connectivity index (χ2v) is 5.98. The van der Waals surface area contributed by atoms with Crippen LogP contribution in [0.25, 0.3) is 27.8 Å². The first-order chi connectivity index (χ1) is 12.8. The first-order valence-corrected chi connectivity index (χ1v) is 8.09. The first-order valence-electron chi connectivity index (χ1n) is 8.09. The Labute approximate surface area is 148 Å². The van der Waals surface area contributed by atoms with Crippen LogP contribution in [0.1, 0.15) is 0 Å². The van der Waals surface area contributed by atoms with Crippen molar-refractivity contribution in [2.75, 3.05) is 5.32 Å². The zero-order valence-electron chi connectivity index (χ0n) is 13.6. The van der Waals surface area contributed by atoms with E-state index in [4.69, 9.17) is 4.98 Å². The summed E-state index contributed by atoms with van der Waals surface area (Å²) in [6.45, 7) is 0. The fourth-order valence-electron chi connectivity index (χ4n) is 2.93. The smallest absolute Gasteiger partial charge is 0.180 e. The van der Waals surface area contributed by atoms with Crippen molar-refractivity contribution in [1.82, 2.24) is 24.6 Å². The van der Waals surface area contributed by atoms with E-state index in [1.165, 1.54) is 0 Å². The van der Waals surface area contributed by atoms with Gasteiger partial charge < -0.3 is 14.8 Å². The zero-order valence-corrected chi connectivity index (χ0v) is 13.6. The molecule has 0 aliphatic rings. The molecule has 3 aromatic heterocycles. The lowest BCUT2D eigenvalue weighted by molar-refractivity contribution is 0.475. The molecule has 2 aromatic carbocycles. The maximum atomic E-state index is 9.46. The Morgan fingerprint density at radius 1 is 1.08 bits per heavy atom. The number of aromatic amines is 1. The number of H-pyrrole nitrogens is 1. The van der Waals surface area contributed by atoms with Gasteiger partial charge in [0.1, 0.15) is 5.75 Å². The summed E-state index contributed by atoms with van der Waals surface area (Å²) in [4.78, 5) is 9.14. The van der Waals surface area contributed by atoms with E-state index in [9.17, 15) is 5.11 Å². The lowest BCUT2D eigenvalue weighted by Crippen LogP contribution is -2.00. The number of phenolic OH excluding ortho intramolecular Hbond substituents is 1. The summed E-state index contributed by atoms with van der Waals surface area (Å²) in [5.74, 6) is 0.860. The number of anilines is 2. The Hall–Kier alpha value is -3.87. The zero-order chi connectivity index (χ0) is 17.5. The van der Waals surface area contributed by atoms with Crippen molar-refractivity contribution < 1.29 is 5.11 Å². The van der Waals surface area contributed by atoms with Gasteiger partial charge in [0.15, 0.2) is 11.5 Å². The molecule has 0 fully saturated rings. The van der Waals surface area contributed by atoms with Crippen molar-refractivity contribution in [3.63, 3.8) is 0 Å². The SMILES string of the molecule is Oc1ccc(Nc2nc(-c3ccc4cn[nH]c4c3)cn3ccnc23)cc1. The summed E-state index contributed by atoms with van der Waals surface area (Å²) in [7, 11) is 0. The third-order valence-corrected chi connectivity index (χ3v) is 4.24. The number of rotatable bonds is 3. The van der Waals surface area contributed by atoms with Crippen LogP contribution in [0.3, 0.4) is 0 Å². The van der Waals surface area contributed by atoms with Crippen LogP contribution in [-0.2, 0) is 0 Å². The lowest BCUT2D eigenvalue weighted by Gasteiger charge is -2.10. The van der Waals surface area contributed by atoms with Crippen molar-refractivity contribution >= 4 is 28.1 Å². The molecule has 7 nitrogen and oxygen atoms in total. The van der Waals surface area contributed by atoms with E-state index in [2.05, 4.69) is 20.5 Å². The predicted octanol–water partition coefficient (Wildman–Crippen LogP) is 3.72. The first kappa shape index (κ1) is 14.5. The highest BCUT2D eigenvalue weighted by molar-refractivity contribution is 5.83. The molecular weight excluding hydrogens is 328 g/mol. The minimum Gasteiger partial charge on any atom is -0.508 e. The predicted molar refractivity (Wildman–Crippen MR) is 99.5 cm³/mol. The Morgan fingerprint density at radius 2 is 1.96 bits per heavy atom. The normalized spacial score (nSPS) is 11.2. The van der Waals surface area contributed by atoms with Crippen LogP contribution in [0, 0.1) is 0 Å². The number of imidazole rings is 1. The van der Waals surface area contributed by atoms with E-state index >= 15 is 0 Å². The van der Waals surface area contributed by atoms with E-state index in [0.29, 0.717) is 5.82 Å². The summed E-state index contributed by atoms with van der Waals surface area (Å²) in [5, 5.41) is 20.8. The molecule has 0 spiro atoms. The number of nitrogens with one attached hydrogen (secondary N) is 2. The largest absolute Gasteiger partial charge is 0.508 e. The van der Waals surface area contributed by atoms with Gasteiger partial charge in [-0.25, -0.2) is 9.97 Å². The van der Waals surface area contributed by atoms with Gasteiger partial charge in [-0.1, -0.05) is 12.1 Å². The lowest BCUT2D eigenvalue weighted by atomic mass is 10.1. The molecule has 3 heterocycles. The summed E-state index contributed by atoms with van der Waals surface area (Å²) >= 11 is 0. The molecule has 0 amide bonds. The maximum Gasteiger partial charge on any atom is 0.180 e. The number of hydrogen-bond donors (Lipinski definition) is 3. The highest BCUT2D eigenvalue weighted by atomic mass is 16.3. The monoisotopic (exact) mass is 342 g/mol. The van der Waals surface area contributed by atoms with Crippen LogP contribution in [0.2, 0.25) is 0 Å². The molecule has 3 N–H and O–H groups in total. The Morgan fingerprint density at radius 3 is 2.85 bits per heavy atom. The standard InChI is InChI=1S/C19H14N6O/c26-15-5-3-14(4-6-15)22-18-19-20-7-8-25(19)11-17(23-18)12-1-2-13-10-21-24-16(13)9-12/h1-11,26H,(H,21,24)(H,22,23). The summed E-state index contributed by atoms with van der Waals surface area (Å²) in [5.41, 5.74) is 4.30. The van der Waals surface area contributed by atoms with Gasteiger partial charge in [0.25, 0.3) is 0 Å². The summed E-state index contributed by atoms with van der Waals surface area (Å²) in [6.07, 6.45) is 7.36. The van der Waals surface area contributed by atoms with Crippen LogP contribution >= 0.6 is 0 Å². The van der Waals surface area contributed by atoms with Gasteiger partial charge in [-0.05, 0) is 30.3 Å². The summed E-state index contributed by atoms with van der Waals surface area (Å²) < 4.78 is 1.93. The topological polar surface area (TPSA) is 91.1 Å². The molecular formula is C19H14N6O. The Bertz CT molecular complexity index is 1220. The molecule has 0 aliphatic carbocycles. The van der Waals surface area contributed by atoms with Gasteiger partial charge in [-0.2, -0.15) is 5.10 Å². The van der Waals surface area contributed by atoms with E-state index in [0.717, 1.165) is 33.5 Å². The third-order valence-electron chi connectivity index (χ3n) is 4.24. The highest BCUT2D eigenvalue weighted by Crippen LogP contribution is 2.27. The third kappa shape index (κ3) is 2.42. The summed E-state index contributed by atoms with van der Waals surface area (Å²) in [6, 6.07) is 12.9. The van der Waals surface area contributed by atoms with Crippen molar-refractivity contribution in [3.8, 4) is 17.0 Å². The molecule has 5 rings (SSSR count). The number of nitrogens with zero attached hydrogens (tertiary/aromatic N) is 4. The van der Waals surface area contributed by atoms with Gasteiger partial charge in [-0.15, -0.1) is 0 Å². The molecule has 0 unspecified atom stereocenters. The van der Waals surface area contributed by atoms with Crippen LogP contribution in [0.4, 0.5) is 11.5 Å². The van der Waals surface area contributed by atoms with Crippen molar-refractivity contribution in [2.45, 2.75) is 0 Å². The molecule has 0 saturated heterocycles. The van der Waals surface area contributed by atoms with Crippen molar-refractivity contribution in [2.24, 2.45) is 0 Å². The van der Waals surface area contributed by atoms with Crippen molar-refractivity contribution in [3.05, 3.63) is 67.3 Å². The van der Waals surface area contributed by atoms with Gasteiger partial charge in [0.2, 0.25) is 0 Å². The van der Waals surface area contributed by atoms with Crippen LogP contribution in [0.15, 0.2) is 67.3 Å². The number of benzene rings is 2. The number of phenols is 1. The minimum atomic E-state index is 0.219. The second-order valence-electron chi connectivity index (χ2n) is 5.98. The van der Waals surface area contributed by atoms with Crippen LogP contribution < -0.4 is 5.32 Å². The average molecular weight is 342 g/mol. The Kier molecular flexibility index (Phi) is 3.11. The molecule has 0 radical (unpaired) electrons. The molecule has 0 aliphatic heterocycles. The fourth-order valence-corrected chi connectivity index (χ4v) is 2.93. The quantitative estimate of drug-likeness (QED) is 0.435. The number of aromatic hydroxyl groups is 1. The minimum absolute atomic E-state index is 0.219.